The van der Waals surface area contributed by atoms with Gasteiger partial charge in [-0.2, -0.15) is 0 Å². The molecule has 0 spiro atoms. The van der Waals surface area contributed by atoms with Crippen molar-refractivity contribution in [2.24, 2.45) is 0 Å². The number of rotatable bonds is 1. The molecule has 3 heteroatoms. The average Bonchev–Trinajstić information content (AvgIpc) is 2.73. The molecule has 0 unspecified atom stereocenters. The summed E-state index contributed by atoms with van der Waals surface area (Å²) in [4.78, 5) is 4.28. The Morgan fingerprint density at radius 3 is 2.82 bits per heavy atom. The molecule has 0 saturated heterocycles. The van der Waals surface area contributed by atoms with Crippen molar-refractivity contribution >= 4 is 27.0 Å². The molecule has 83 valence electrons. The lowest BCUT2D eigenvalue weighted by atomic mass is 10.2. The molecule has 0 aliphatic rings. The van der Waals surface area contributed by atoms with Gasteiger partial charge in [-0.25, -0.2) is 4.98 Å². The van der Waals surface area contributed by atoms with Gasteiger partial charge < -0.3 is 0 Å². The second kappa shape index (κ2) is 4.00. The minimum absolute atomic E-state index is 0.967. The van der Waals surface area contributed by atoms with Crippen LogP contribution in [0.4, 0.5) is 0 Å². The number of hydrogen-bond donors (Lipinski definition) is 0. The van der Waals surface area contributed by atoms with E-state index in [-0.39, 0.29) is 0 Å². The molecule has 0 N–H and O–H groups in total. The summed E-state index contributed by atoms with van der Waals surface area (Å²) < 4.78 is 3.08. The first-order valence-corrected chi connectivity index (χ1v) is 6.17. The molecular weight excluding hydrogens is 276 g/mol. The Balaban J connectivity index is 2.27. The van der Waals surface area contributed by atoms with Gasteiger partial charge in [0.25, 0.3) is 0 Å². The Hall–Kier alpha value is -1.61. The Bertz CT molecular complexity index is 686. The number of nitrogens with zero attached hydrogens (tertiary/aromatic N) is 2. The van der Waals surface area contributed by atoms with Gasteiger partial charge in [0, 0.05) is 4.47 Å². The van der Waals surface area contributed by atoms with Crippen LogP contribution in [0.3, 0.4) is 0 Å². The van der Waals surface area contributed by atoms with Gasteiger partial charge >= 0.3 is 0 Å². The Morgan fingerprint density at radius 2 is 2.00 bits per heavy atom. The van der Waals surface area contributed by atoms with Crippen molar-refractivity contribution in [1.29, 1.82) is 0 Å². The van der Waals surface area contributed by atoms with Crippen LogP contribution in [-0.4, -0.2) is 9.55 Å². The van der Waals surface area contributed by atoms with Gasteiger partial charge in [-0.1, -0.05) is 28.1 Å². The Kier molecular flexibility index (Phi) is 2.48. The summed E-state index contributed by atoms with van der Waals surface area (Å²) in [5.41, 5.74) is 4.36. The molecule has 0 atom stereocenters. The topological polar surface area (TPSA) is 17.8 Å². The molecule has 0 amide bonds. The number of aryl methyl sites for hydroxylation is 1. The first-order valence-electron chi connectivity index (χ1n) is 5.37. The van der Waals surface area contributed by atoms with Crippen LogP contribution in [0.25, 0.3) is 16.7 Å². The van der Waals surface area contributed by atoms with Crippen LogP contribution >= 0.6 is 15.9 Å². The molecule has 3 rings (SSSR count). The summed E-state index contributed by atoms with van der Waals surface area (Å²) in [7, 11) is 0. The Morgan fingerprint density at radius 1 is 1.18 bits per heavy atom. The van der Waals surface area contributed by atoms with E-state index in [0.717, 1.165) is 21.2 Å². The van der Waals surface area contributed by atoms with Gasteiger partial charge in [0.2, 0.25) is 0 Å². The van der Waals surface area contributed by atoms with Crippen LogP contribution in [0, 0.1) is 13.3 Å². The highest BCUT2D eigenvalue weighted by Gasteiger charge is 2.06. The first kappa shape index (κ1) is 10.5. The molecule has 2 aromatic carbocycles. The van der Waals surface area contributed by atoms with Crippen LogP contribution in [0.1, 0.15) is 5.56 Å². The fraction of sp³-hybridized carbons (Fsp3) is 0.0714. The van der Waals surface area contributed by atoms with E-state index >= 15 is 0 Å². The summed E-state index contributed by atoms with van der Waals surface area (Å²) in [6.07, 6.45) is 3.04. The second-order valence-electron chi connectivity index (χ2n) is 3.97. The normalized spacial score (nSPS) is 10.9. The molecular formula is C14H10BrN2. The highest BCUT2D eigenvalue weighted by molar-refractivity contribution is 9.10. The molecule has 0 fully saturated rings. The minimum Gasteiger partial charge on any atom is -0.289 e. The third kappa shape index (κ3) is 1.76. The van der Waals surface area contributed by atoms with Crippen LogP contribution in [-0.2, 0) is 0 Å². The molecule has 0 aliphatic heterocycles. The number of fused-ring (bicyclic) bond motifs is 1. The van der Waals surface area contributed by atoms with E-state index in [1.165, 1.54) is 5.56 Å². The van der Waals surface area contributed by atoms with E-state index in [0.29, 0.717) is 0 Å². The maximum Gasteiger partial charge on any atom is 0.182 e. The third-order valence-electron chi connectivity index (χ3n) is 2.79. The zero-order valence-electron chi connectivity index (χ0n) is 9.31. The summed E-state index contributed by atoms with van der Waals surface area (Å²) in [6.45, 7) is 2.09. The van der Waals surface area contributed by atoms with Crippen molar-refractivity contribution in [1.82, 2.24) is 9.55 Å². The predicted octanol–water partition coefficient (Wildman–Crippen LogP) is 3.90. The second-order valence-corrected chi connectivity index (χ2v) is 4.88. The van der Waals surface area contributed by atoms with Crippen molar-refractivity contribution in [3.05, 3.63) is 58.8 Å². The van der Waals surface area contributed by atoms with Gasteiger partial charge in [0.15, 0.2) is 6.33 Å². The molecule has 0 aliphatic carbocycles. The van der Waals surface area contributed by atoms with Gasteiger partial charge in [0.1, 0.15) is 0 Å². The van der Waals surface area contributed by atoms with E-state index in [4.69, 9.17) is 0 Å². The Labute approximate surface area is 108 Å². The maximum absolute atomic E-state index is 4.28. The van der Waals surface area contributed by atoms with Crippen molar-refractivity contribution in [3.63, 3.8) is 0 Å². The van der Waals surface area contributed by atoms with E-state index in [9.17, 15) is 0 Å². The first-order chi connectivity index (χ1) is 8.25. The molecule has 0 bridgehead atoms. The largest absolute Gasteiger partial charge is 0.289 e. The van der Waals surface area contributed by atoms with Crippen LogP contribution < -0.4 is 0 Å². The van der Waals surface area contributed by atoms with Crippen molar-refractivity contribution in [2.75, 3.05) is 0 Å². The maximum atomic E-state index is 4.28. The number of halogens is 1. The smallest absolute Gasteiger partial charge is 0.182 e. The zero-order valence-corrected chi connectivity index (χ0v) is 10.9. The number of hydrogen-bond acceptors (Lipinski definition) is 1. The fourth-order valence-electron chi connectivity index (χ4n) is 1.96. The van der Waals surface area contributed by atoms with Crippen LogP contribution in [0.5, 0.6) is 0 Å². The number of benzene rings is 2. The number of para-hydroxylation sites is 2. The van der Waals surface area contributed by atoms with E-state index in [1.54, 1.807) is 0 Å². The zero-order chi connectivity index (χ0) is 11.8. The van der Waals surface area contributed by atoms with Gasteiger partial charge in [-0.05, 0) is 42.8 Å². The fourth-order valence-corrected chi connectivity index (χ4v) is 2.43. The van der Waals surface area contributed by atoms with Gasteiger partial charge in [-0.3, -0.25) is 4.57 Å². The minimum atomic E-state index is 0.967. The lowest BCUT2D eigenvalue weighted by molar-refractivity contribution is 1.06. The molecule has 17 heavy (non-hydrogen) atoms. The molecule has 2 nitrogen and oxygen atoms in total. The lowest BCUT2D eigenvalue weighted by Crippen LogP contribution is -1.95. The molecule has 1 heterocycles. The highest BCUT2D eigenvalue weighted by atomic mass is 79.9. The highest BCUT2D eigenvalue weighted by Crippen LogP contribution is 2.22. The summed E-state index contributed by atoms with van der Waals surface area (Å²) in [5.74, 6) is 0. The summed E-state index contributed by atoms with van der Waals surface area (Å²) >= 11 is 3.47. The number of aromatic nitrogens is 2. The van der Waals surface area contributed by atoms with Crippen LogP contribution in [0.2, 0.25) is 0 Å². The lowest BCUT2D eigenvalue weighted by Gasteiger charge is -2.07. The third-order valence-corrected chi connectivity index (χ3v) is 3.29. The standard InChI is InChI=1S/C14H10BrN2/c1-10-8-11(15)6-7-13(10)17-9-16-12-4-2-3-5-14(12)17/h2-8H,1H3. The van der Waals surface area contributed by atoms with Gasteiger partial charge in [0.05, 0.1) is 16.7 Å². The quantitative estimate of drug-likeness (QED) is 0.663. The van der Waals surface area contributed by atoms with Crippen molar-refractivity contribution in [3.8, 4) is 5.69 Å². The average molecular weight is 286 g/mol. The van der Waals surface area contributed by atoms with Crippen molar-refractivity contribution in [2.45, 2.75) is 6.92 Å². The van der Waals surface area contributed by atoms with Crippen molar-refractivity contribution < 1.29 is 0 Å². The molecule has 1 radical (unpaired) electrons. The molecule has 3 aromatic rings. The molecule has 0 saturated carbocycles. The SMILES string of the molecule is Cc1cc(Br)ccc1-n1[c]nc2ccccc21. The van der Waals surface area contributed by atoms with E-state index in [1.807, 2.05) is 28.8 Å². The van der Waals surface area contributed by atoms with Crippen LogP contribution in [0.15, 0.2) is 46.9 Å². The molecule has 1 aromatic heterocycles. The predicted molar refractivity (Wildman–Crippen MR) is 72.3 cm³/mol. The number of imidazole rings is 1. The summed E-state index contributed by atoms with van der Waals surface area (Å²) in [6, 6.07) is 14.3. The summed E-state index contributed by atoms with van der Waals surface area (Å²) in [5, 5.41) is 0. The van der Waals surface area contributed by atoms with Gasteiger partial charge in [-0.15, -0.1) is 0 Å². The van der Waals surface area contributed by atoms with E-state index in [2.05, 4.69) is 52.4 Å². The van der Waals surface area contributed by atoms with E-state index < -0.39 is 0 Å². The monoisotopic (exact) mass is 285 g/mol.